The Bertz CT molecular complexity index is 349. The third-order valence-corrected chi connectivity index (χ3v) is 1.91. The number of rotatable bonds is 0. The van der Waals surface area contributed by atoms with Gasteiger partial charge in [0.15, 0.2) is 0 Å². The number of nitrogens with zero attached hydrogens (tertiary/aromatic N) is 1. The first-order valence-corrected chi connectivity index (χ1v) is 3.84. The van der Waals surface area contributed by atoms with E-state index in [-0.39, 0.29) is 5.97 Å². The monoisotopic (exact) mass is 163 g/mol. The summed E-state index contributed by atoms with van der Waals surface area (Å²) >= 11 is 0. The van der Waals surface area contributed by atoms with Gasteiger partial charge in [-0.05, 0) is 25.1 Å². The second-order valence-corrected chi connectivity index (χ2v) is 2.67. The highest BCUT2D eigenvalue weighted by Crippen LogP contribution is 2.16. The maximum absolute atomic E-state index is 11.2. The number of hydrogen-bond donors (Lipinski definition) is 0. The van der Waals surface area contributed by atoms with Gasteiger partial charge in [-0.3, -0.25) is 0 Å². The van der Waals surface area contributed by atoms with Crippen LogP contribution >= 0.6 is 0 Å². The minimum absolute atomic E-state index is 0.264. The van der Waals surface area contributed by atoms with Crippen LogP contribution in [0.3, 0.4) is 0 Å². The van der Waals surface area contributed by atoms with Gasteiger partial charge in [-0.1, -0.05) is 0 Å². The van der Waals surface area contributed by atoms with Crippen molar-refractivity contribution in [3.05, 3.63) is 35.9 Å². The van der Waals surface area contributed by atoms with Crippen LogP contribution in [-0.4, -0.2) is 10.5 Å². The number of allylic oxidation sites excluding steroid dienone is 2. The molecular formula is C9H9NO2. The molecule has 0 bridgehead atoms. The first kappa shape index (κ1) is 7.16. The standard InChI is InChI=1S/C9H9NO2/c1-2-7-6-10-5-3-4-8(10)9(11)12-7/h2-5H,6H2,1H3/b7-2-. The van der Waals surface area contributed by atoms with Gasteiger partial charge in [0.25, 0.3) is 0 Å². The number of esters is 1. The molecule has 1 aromatic rings. The van der Waals surface area contributed by atoms with Crippen LogP contribution < -0.4 is 0 Å². The molecular weight excluding hydrogens is 154 g/mol. The average Bonchev–Trinajstić information content (AvgIpc) is 2.52. The Labute approximate surface area is 70.3 Å². The van der Waals surface area contributed by atoms with Crippen molar-refractivity contribution in [1.82, 2.24) is 4.57 Å². The number of carbonyl (C=O) groups is 1. The third kappa shape index (κ3) is 0.942. The Morgan fingerprint density at radius 1 is 1.67 bits per heavy atom. The van der Waals surface area contributed by atoms with Crippen LogP contribution in [0.25, 0.3) is 0 Å². The normalized spacial score (nSPS) is 19.1. The average molecular weight is 163 g/mol. The molecule has 1 aromatic heterocycles. The number of ether oxygens (including phenoxy) is 1. The number of carbonyl (C=O) groups excluding carboxylic acids is 1. The molecule has 0 amide bonds. The summed E-state index contributed by atoms with van der Waals surface area (Å²) in [7, 11) is 0. The largest absolute Gasteiger partial charge is 0.425 e. The predicted molar refractivity (Wildman–Crippen MR) is 43.6 cm³/mol. The Hall–Kier alpha value is -1.51. The highest BCUT2D eigenvalue weighted by Gasteiger charge is 2.20. The summed E-state index contributed by atoms with van der Waals surface area (Å²) < 4.78 is 6.90. The lowest BCUT2D eigenvalue weighted by Crippen LogP contribution is -2.20. The van der Waals surface area contributed by atoms with Crippen LogP contribution in [0.5, 0.6) is 0 Å². The summed E-state index contributed by atoms with van der Waals surface area (Å²) in [6.07, 6.45) is 3.68. The molecule has 0 spiro atoms. The predicted octanol–water partition coefficient (Wildman–Crippen LogP) is 1.56. The molecule has 0 unspecified atom stereocenters. The molecule has 1 aliphatic rings. The zero-order valence-electron chi connectivity index (χ0n) is 6.78. The Morgan fingerprint density at radius 3 is 3.25 bits per heavy atom. The molecule has 0 aromatic carbocycles. The second kappa shape index (κ2) is 2.52. The molecule has 12 heavy (non-hydrogen) atoms. The molecule has 2 heterocycles. The van der Waals surface area contributed by atoms with Gasteiger partial charge >= 0.3 is 5.97 Å². The van der Waals surface area contributed by atoms with Crippen LogP contribution in [0.15, 0.2) is 30.2 Å². The van der Waals surface area contributed by atoms with Crippen molar-refractivity contribution < 1.29 is 9.53 Å². The third-order valence-electron chi connectivity index (χ3n) is 1.91. The van der Waals surface area contributed by atoms with Crippen LogP contribution in [-0.2, 0) is 11.3 Å². The Morgan fingerprint density at radius 2 is 2.50 bits per heavy atom. The smallest absolute Gasteiger partial charge is 0.360 e. The van der Waals surface area contributed by atoms with Gasteiger partial charge in [-0.25, -0.2) is 4.79 Å². The topological polar surface area (TPSA) is 31.2 Å². The van der Waals surface area contributed by atoms with Crippen molar-refractivity contribution in [2.75, 3.05) is 0 Å². The molecule has 0 radical (unpaired) electrons. The van der Waals surface area contributed by atoms with E-state index in [1.54, 1.807) is 12.1 Å². The van der Waals surface area contributed by atoms with Gasteiger partial charge in [0.2, 0.25) is 0 Å². The fourth-order valence-corrected chi connectivity index (χ4v) is 1.26. The summed E-state index contributed by atoms with van der Waals surface area (Å²) in [5.74, 6) is 0.447. The molecule has 62 valence electrons. The van der Waals surface area contributed by atoms with Gasteiger partial charge in [0.05, 0.1) is 6.54 Å². The molecule has 0 saturated carbocycles. The van der Waals surface area contributed by atoms with E-state index in [4.69, 9.17) is 4.74 Å². The molecule has 1 aliphatic heterocycles. The van der Waals surface area contributed by atoms with E-state index in [1.165, 1.54) is 0 Å². The zero-order chi connectivity index (χ0) is 8.55. The first-order chi connectivity index (χ1) is 5.81. The van der Waals surface area contributed by atoms with Crippen molar-refractivity contribution in [1.29, 1.82) is 0 Å². The van der Waals surface area contributed by atoms with E-state index in [0.29, 0.717) is 18.0 Å². The summed E-state index contributed by atoms with van der Waals surface area (Å²) in [5.41, 5.74) is 0.626. The van der Waals surface area contributed by atoms with Crippen LogP contribution in [0.4, 0.5) is 0 Å². The first-order valence-electron chi connectivity index (χ1n) is 3.84. The number of hydrogen-bond acceptors (Lipinski definition) is 2. The van der Waals surface area contributed by atoms with Gasteiger partial charge in [0.1, 0.15) is 11.5 Å². The van der Waals surface area contributed by atoms with Crippen molar-refractivity contribution >= 4 is 5.97 Å². The van der Waals surface area contributed by atoms with Crippen molar-refractivity contribution in [3.63, 3.8) is 0 Å². The van der Waals surface area contributed by atoms with Crippen LogP contribution in [0.1, 0.15) is 17.4 Å². The molecule has 2 rings (SSSR count). The van der Waals surface area contributed by atoms with Crippen molar-refractivity contribution in [2.45, 2.75) is 13.5 Å². The van der Waals surface area contributed by atoms with E-state index in [1.807, 2.05) is 23.8 Å². The van der Waals surface area contributed by atoms with Gasteiger partial charge in [-0.2, -0.15) is 0 Å². The minimum atomic E-state index is -0.264. The summed E-state index contributed by atoms with van der Waals surface area (Å²) in [6, 6.07) is 3.60. The second-order valence-electron chi connectivity index (χ2n) is 2.67. The van der Waals surface area contributed by atoms with Crippen molar-refractivity contribution in [2.24, 2.45) is 0 Å². The molecule has 0 fully saturated rings. The van der Waals surface area contributed by atoms with E-state index in [0.717, 1.165) is 0 Å². The van der Waals surface area contributed by atoms with E-state index in [2.05, 4.69) is 0 Å². The number of fused-ring (bicyclic) bond motifs is 1. The van der Waals surface area contributed by atoms with Gasteiger partial charge < -0.3 is 9.30 Å². The lowest BCUT2D eigenvalue weighted by atomic mass is 10.3. The number of aromatic nitrogens is 1. The summed E-state index contributed by atoms with van der Waals surface area (Å²) in [5, 5.41) is 0. The van der Waals surface area contributed by atoms with E-state index < -0.39 is 0 Å². The highest BCUT2D eigenvalue weighted by molar-refractivity contribution is 5.89. The lowest BCUT2D eigenvalue weighted by molar-refractivity contribution is 0.0560. The SMILES string of the molecule is C/C=C1/Cn2cccc2C(=O)O1. The molecule has 3 nitrogen and oxygen atoms in total. The quantitative estimate of drug-likeness (QED) is 0.543. The molecule has 0 atom stereocenters. The Kier molecular flexibility index (Phi) is 1.50. The molecule has 0 N–H and O–H groups in total. The summed E-state index contributed by atoms with van der Waals surface area (Å²) in [4.78, 5) is 11.2. The molecule has 0 aliphatic carbocycles. The minimum Gasteiger partial charge on any atom is -0.425 e. The number of cyclic esters (lactones) is 1. The van der Waals surface area contributed by atoms with Gasteiger partial charge in [-0.15, -0.1) is 0 Å². The lowest BCUT2D eigenvalue weighted by Gasteiger charge is -2.17. The maximum atomic E-state index is 11.2. The highest BCUT2D eigenvalue weighted by atomic mass is 16.5. The van der Waals surface area contributed by atoms with E-state index in [9.17, 15) is 4.79 Å². The van der Waals surface area contributed by atoms with Crippen molar-refractivity contribution in [3.8, 4) is 0 Å². The van der Waals surface area contributed by atoms with E-state index >= 15 is 0 Å². The van der Waals surface area contributed by atoms with Crippen LogP contribution in [0, 0.1) is 0 Å². The molecule has 0 saturated heterocycles. The molecule has 3 heteroatoms. The van der Waals surface area contributed by atoms with Crippen LogP contribution in [0.2, 0.25) is 0 Å². The zero-order valence-corrected chi connectivity index (χ0v) is 6.78. The fraction of sp³-hybridized carbons (Fsp3) is 0.222. The fourth-order valence-electron chi connectivity index (χ4n) is 1.26. The maximum Gasteiger partial charge on any atom is 0.360 e. The Balaban J connectivity index is 2.45. The van der Waals surface area contributed by atoms with Gasteiger partial charge in [0, 0.05) is 6.20 Å². The summed E-state index contributed by atoms with van der Waals surface area (Å²) in [6.45, 7) is 2.52.